The molecule has 0 aromatic carbocycles. The highest BCUT2D eigenvalue weighted by Gasteiger charge is 2.19. The van der Waals surface area contributed by atoms with Crippen LogP contribution in [0.15, 0.2) is 34.8 Å². The third-order valence-corrected chi connectivity index (χ3v) is 1.80. The van der Waals surface area contributed by atoms with Crippen LogP contribution in [0.4, 0.5) is 0 Å². The summed E-state index contributed by atoms with van der Waals surface area (Å²) in [6.45, 7) is 0. The zero-order chi connectivity index (χ0) is 9.26. The van der Waals surface area contributed by atoms with Crippen molar-refractivity contribution in [1.82, 2.24) is 4.98 Å². The van der Waals surface area contributed by atoms with Gasteiger partial charge >= 0.3 is 0 Å². The molecule has 0 radical (unpaired) electrons. The lowest BCUT2D eigenvalue weighted by Crippen LogP contribution is -2.05. The molecular formula is C9H7NO3. The van der Waals surface area contributed by atoms with Gasteiger partial charge in [0.05, 0.1) is 11.8 Å². The molecule has 0 spiro atoms. The maximum Gasteiger partial charge on any atom is 0.225 e. The minimum atomic E-state index is -0.403. The van der Waals surface area contributed by atoms with Crippen LogP contribution in [0.2, 0.25) is 0 Å². The van der Waals surface area contributed by atoms with Gasteiger partial charge in [-0.2, -0.15) is 0 Å². The number of allylic oxidation sites excluding steroid dienone is 3. The van der Waals surface area contributed by atoms with Gasteiger partial charge in [-0.1, -0.05) is 6.08 Å². The van der Waals surface area contributed by atoms with Gasteiger partial charge in [-0.25, -0.2) is 4.98 Å². The summed E-state index contributed by atoms with van der Waals surface area (Å²) < 4.78 is 4.98. The van der Waals surface area contributed by atoms with E-state index in [1.807, 2.05) is 0 Å². The van der Waals surface area contributed by atoms with Gasteiger partial charge in [0, 0.05) is 0 Å². The van der Waals surface area contributed by atoms with Crippen molar-refractivity contribution in [1.29, 1.82) is 0 Å². The lowest BCUT2D eigenvalue weighted by Gasteiger charge is -2.06. The normalized spacial score (nSPS) is 16.8. The summed E-state index contributed by atoms with van der Waals surface area (Å²) >= 11 is 0. The molecule has 2 rings (SSSR count). The Morgan fingerprint density at radius 1 is 1.54 bits per heavy atom. The Morgan fingerprint density at radius 2 is 2.38 bits per heavy atom. The van der Waals surface area contributed by atoms with Crippen molar-refractivity contribution in [2.75, 3.05) is 0 Å². The molecule has 0 aliphatic heterocycles. The molecule has 4 heteroatoms. The van der Waals surface area contributed by atoms with Crippen LogP contribution < -0.4 is 0 Å². The summed E-state index contributed by atoms with van der Waals surface area (Å²) in [6, 6.07) is 0. The van der Waals surface area contributed by atoms with Gasteiger partial charge in [0.1, 0.15) is 6.26 Å². The van der Waals surface area contributed by atoms with Crippen LogP contribution in [-0.2, 0) is 4.79 Å². The van der Waals surface area contributed by atoms with Gasteiger partial charge in [-0.15, -0.1) is 0 Å². The number of aliphatic hydroxyl groups is 1. The number of hydrogen-bond donors (Lipinski definition) is 1. The monoisotopic (exact) mass is 177 g/mol. The lowest BCUT2D eigenvalue weighted by atomic mass is 10.0. The van der Waals surface area contributed by atoms with Gasteiger partial charge in [0.25, 0.3) is 0 Å². The van der Waals surface area contributed by atoms with Crippen LogP contribution in [0, 0.1) is 0 Å². The summed E-state index contributed by atoms with van der Waals surface area (Å²) in [7, 11) is 0. The first kappa shape index (κ1) is 7.79. The molecule has 0 saturated carbocycles. The number of oxazole rings is 1. The fraction of sp³-hybridized carbons (Fsp3) is 0.111. The molecular weight excluding hydrogens is 170 g/mol. The van der Waals surface area contributed by atoms with E-state index in [1.165, 1.54) is 18.5 Å². The van der Waals surface area contributed by atoms with Gasteiger partial charge in [-0.3, -0.25) is 4.79 Å². The Balaban J connectivity index is 2.44. The Bertz CT molecular complexity index is 387. The molecule has 0 fully saturated rings. The average Bonchev–Trinajstić information content (AvgIpc) is 2.62. The molecule has 1 heterocycles. The Labute approximate surface area is 74.2 Å². The van der Waals surface area contributed by atoms with Crippen LogP contribution >= 0.6 is 0 Å². The number of nitrogens with zero attached hydrogens (tertiary/aromatic N) is 1. The zero-order valence-corrected chi connectivity index (χ0v) is 6.73. The van der Waals surface area contributed by atoms with Crippen molar-refractivity contribution >= 4 is 11.4 Å². The van der Waals surface area contributed by atoms with E-state index in [0.29, 0.717) is 17.9 Å². The fourth-order valence-electron chi connectivity index (χ4n) is 1.17. The third-order valence-electron chi connectivity index (χ3n) is 1.80. The largest absolute Gasteiger partial charge is 0.504 e. The topological polar surface area (TPSA) is 63.3 Å². The van der Waals surface area contributed by atoms with Gasteiger partial charge in [-0.05, 0) is 12.5 Å². The Morgan fingerprint density at radius 3 is 3.08 bits per heavy atom. The van der Waals surface area contributed by atoms with Crippen molar-refractivity contribution in [3.63, 3.8) is 0 Å². The molecule has 0 atom stereocenters. The number of hydrogen-bond acceptors (Lipinski definition) is 4. The fourth-order valence-corrected chi connectivity index (χ4v) is 1.17. The van der Waals surface area contributed by atoms with E-state index >= 15 is 0 Å². The molecule has 13 heavy (non-hydrogen) atoms. The van der Waals surface area contributed by atoms with Crippen LogP contribution in [0.1, 0.15) is 12.3 Å². The molecule has 0 bridgehead atoms. The summed E-state index contributed by atoms with van der Waals surface area (Å²) in [5.74, 6) is -0.375. The van der Waals surface area contributed by atoms with E-state index in [9.17, 15) is 9.90 Å². The van der Waals surface area contributed by atoms with E-state index in [0.717, 1.165) is 0 Å². The summed E-state index contributed by atoms with van der Waals surface area (Å²) in [5.41, 5.74) is 0.442. The molecule has 0 amide bonds. The maximum absolute atomic E-state index is 11.0. The molecule has 1 aliphatic carbocycles. The molecule has 1 N–H and O–H groups in total. The summed E-state index contributed by atoms with van der Waals surface area (Å²) in [4.78, 5) is 14.9. The first-order chi connectivity index (χ1) is 6.29. The molecule has 1 aromatic heterocycles. The number of aliphatic hydroxyl groups excluding tert-OH is 1. The van der Waals surface area contributed by atoms with Crippen LogP contribution in [0.25, 0.3) is 5.57 Å². The molecule has 66 valence electrons. The quantitative estimate of drug-likeness (QED) is 0.705. The van der Waals surface area contributed by atoms with Gasteiger partial charge in [0.2, 0.25) is 11.7 Å². The number of aromatic nitrogens is 1. The third kappa shape index (κ3) is 1.26. The highest BCUT2D eigenvalue weighted by molar-refractivity contribution is 6.08. The number of ketones is 1. The van der Waals surface area contributed by atoms with Crippen molar-refractivity contribution in [2.24, 2.45) is 0 Å². The minimum absolute atomic E-state index is 0.273. The highest BCUT2D eigenvalue weighted by Crippen LogP contribution is 2.23. The number of carbonyl (C=O) groups is 1. The smallest absolute Gasteiger partial charge is 0.225 e. The van der Waals surface area contributed by atoms with Crippen LogP contribution in [0.3, 0.4) is 0 Å². The Hall–Kier alpha value is -1.84. The Kier molecular flexibility index (Phi) is 1.73. The second kappa shape index (κ2) is 2.90. The van der Waals surface area contributed by atoms with Crippen molar-refractivity contribution in [2.45, 2.75) is 6.42 Å². The van der Waals surface area contributed by atoms with E-state index in [4.69, 9.17) is 4.42 Å². The molecule has 0 saturated heterocycles. The maximum atomic E-state index is 11.0. The molecule has 1 aliphatic rings. The summed E-state index contributed by atoms with van der Waals surface area (Å²) in [6.07, 6.45) is 6.35. The van der Waals surface area contributed by atoms with Crippen molar-refractivity contribution in [3.05, 3.63) is 36.3 Å². The average molecular weight is 177 g/mol. The van der Waals surface area contributed by atoms with Crippen LogP contribution in [-0.4, -0.2) is 15.9 Å². The van der Waals surface area contributed by atoms with E-state index in [1.54, 1.807) is 6.08 Å². The standard InChI is InChI=1S/C9H7NO3/c11-7-3-1-2-6(8(7)12)9-10-4-5-13-9/h1,3-5,12H,2H2. The van der Waals surface area contributed by atoms with Crippen molar-refractivity contribution in [3.8, 4) is 0 Å². The first-order valence-corrected chi connectivity index (χ1v) is 3.82. The van der Waals surface area contributed by atoms with Gasteiger partial charge in [0.15, 0.2) is 5.76 Å². The predicted octanol–water partition coefficient (Wildman–Crippen LogP) is 1.47. The zero-order valence-electron chi connectivity index (χ0n) is 6.73. The number of rotatable bonds is 1. The molecule has 1 aromatic rings. The first-order valence-electron chi connectivity index (χ1n) is 3.82. The van der Waals surface area contributed by atoms with Gasteiger partial charge < -0.3 is 9.52 Å². The molecule has 0 unspecified atom stereocenters. The van der Waals surface area contributed by atoms with E-state index in [-0.39, 0.29) is 5.76 Å². The van der Waals surface area contributed by atoms with E-state index in [2.05, 4.69) is 4.98 Å². The summed E-state index contributed by atoms with van der Waals surface area (Å²) in [5, 5.41) is 9.39. The van der Waals surface area contributed by atoms with E-state index < -0.39 is 5.78 Å². The molecule has 4 nitrogen and oxygen atoms in total. The van der Waals surface area contributed by atoms with Crippen LogP contribution in [0.5, 0.6) is 0 Å². The second-order valence-corrected chi connectivity index (χ2v) is 2.64. The minimum Gasteiger partial charge on any atom is -0.504 e. The SMILES string of the molecule is O=C1C=CCC(c2ncco2)=C1O. The predicted molar refractivity (Wildman–Crippen MR) is 44.8 cm³/mol. The van der Waals surface area contributed by atoms with Crippen molar-refractivity contribution < 1.29 is 14.3 Å². The second-order valence-electron chi connectivity index (χ2n) is 2.64. The number of carbonyl (C=O) groups excluding carboxylic acids is 1. The lowest BCUT2D eigenvalue weighted by molar-refractivity contribution is -0.113. The highest BCUT2D eigenvalue weighted by atomic mass is 16.3.